The van der Waals surface area contributed by atoms with E-state index < -0.39 is 5.91 Å². The monoisotopic (exact) mass is 473 g/mol. The first kappa shape index (κ1) is 22.5. The Labute approximate surface area is 197 Å². The summed E-state index contributed by atoms with van der Waals surface area (Å²) in [5.41, 5.74) is 8.69. The summed E-state index contributed by atoms with van der Waals surface area (Å²) < 4.78 is 5.95. The molecule has 1 fully saturated rings. The summed E-state index contributed by atoms with van der Waals surface area (Å²) >= 11 is 12.6. The number of ether oxygens (including phenoxy) is 1. The fourth-order valence-corrected chi connectivity index (χ4v) is 4.18. The van der Waals surface area contributed by atoms with Crippen molar-refractivity contribution in [2.45, 2.75) is 6.92 Å². The third-order valence-corrected chi connectivity index (χ3v) is 6.39. The molecule has 1 aliphatic heterocycles. The van der Waals surface area contributed by atoms with Crippen molar-refractivity contribution in [3.63, 3.8) is 0 Å². The van der Waals surface area contributed by atoms with E-state index >= 15 is 0 Å². The number of pyridine rings is 1. The molecule has 0 bridgehead atoms. The van der Waals surface area contributed by atoms with Crippen molar-refractivity contribution in [2.75, 3.05) is 50.1 Å². The lowest BCUT2D eigenvalue weighted by molar-refractivity contribution is 0.100. The molecule has 32 heavy (non-hydrogen) atoms. The molecular formula is C23H25Cl2N5O2. The molecule has 0 radical (unpaired) electrons. The van der Waals surface area contributed by atoms with E-state index in [4.69, 9.17) is 33.7 Å². The summed E-state index contributed by atoms with van der Waals surface area (Å²) in [4.78, 5) is 21.3. The molecule has 2 aromatic carbocycles. The van der Waals surface area contributed by atoms with Gasteiger partial charge in [0.15, 0.2) is 0 Å². The number of piperazine rings is 1. The zero-order valence-electron chi connectivity index (χ0n) is 18.0. The van der Waals surface area contributed by atoms with Crippen LogP contribution < -0.4 is 20.7 Å². The maximum absolute atomic E-state index is 12.2. The van der Waals surface area contributed by atoms with E-state index in [1.54, 1.807) is 18.2 Å². The quantitative estimate of drug-likeness (QED) is 0.546. The lowest BCUT2D eigenvalue weighted by Gasteiger charge is -2.35. The molecule has 0 spiro atoms. The van der Waals surface area contributed by atoms with Crippen LogP contribution in [0.4, 0.5) is 17.1 Å². The number of carbonyl (C=O) groups excluding carboxylic acids is 1. The molecule has 3 N–H and O–H groups in total. The van der Waals surface area contributed by atoms with Crippen LogP contribution in [0.1, 0.15) is 17.3 Å². The predicted octanol–water partition coefficient (Wildman–Crippen LogP) is 4.53. The maximum Gasteiger partial charge on any atom is 0.252 e. The second kappa shape index (κ2) is 9.40. The Morgan fingerprint density at radius 3 is 2.66 bits per heavy atom. The number of hydrogen-bond acceptors (Lipinski definition) is 6. The number of amides is 1. The Morgan fingerprint density at radius 1 is 1.22 bits per heavy atom. The molecule has 2 heterocycles. The molecule has 1 aromatic heterocycles. The molecule has 4 rings (SSSR count). The van der Waals surface area contributed by atoms with Crippen LogP contribution >= 0.6 is 23.2 Å². The van der Waals surface area contributed by atoms with Crippen LogP contribution in [-0.4, -0.2) is 55.6 Å². The van der Waals surface area contributed by atoms with E-state index in [1.807, 2.05) is 19.1 Å². The number of carbonyl (C=O) groups is 1. The van der Waals surface area contributed by atoms with Gasteiger partial charge in [0.25, 0.3) is 5.91 Å². The zero-order chi connectivity index (χ0) is 22.8. The summed E-state index contributed by atoms with van der Waals surface area (Å²) in [6.07, 6.45) is 1.47. The van der Waals surface area contributed by atoms with Gasteiger partial charge in [-0.15, -0.1) is 0 Å². The average Bonchev–Trinajstić information content (AvgIpc) is 2.77. The minimum atomic E-state index is -0.588. The van der Waals surface area contributed by atoms with Gasteiger partial charge in [0, 0.05) is 43.8 Å². The van der Waals surface area contributed by atoms with E-state index in [9.17, 15) is 4.79 Å². The standard InChI is InChI=1S/C23H25Cl2N5O2/c1-3-32-20-12-18-14(11-19(20)30-9-7-29(2)8-10-30)22(15(13-27-18)23(26)31)28-17-6-4-5-16(24)21(17)25/h4-6,11-13H,3,7-10H2,1-2H3,(H2,26,31)(H,27,28). The van der Waals surface area contributed by atoms with Crippen molar-refractivity contribution in [3.05, 3.63) is 52.1 Å². The first-order chi connectivity index (χ1) is 15.4. The fraction of sp³-hybridized carbons (Fsp3) is 0.304. The van der Waals surface area contributed by atoms with Gasteiger partial charge in [-0.05, 0) is 32.2 Å². The molecule has 0 aliphatic carbocycles. The highest BCUT2D eigenvalue weighted by Gasteiger charge is 2.22. The van der Waals surface area contributed by atoms with Crippen LogP contribution in [0, 0.1) is 0 Å². The molecule has 1 saturated heterocycles. The number of likely N-dealkylation sites (N-methyl/N-ethyl adjacent to an activating group) is 1. The van der Waals surface area contributed by atoms with Gasteiger partial charge in [0.2, 0.25) is 0 Å². The number of nitrogens with two attached hydrogens (primary N) is 1. The Balaban J connectivity index is 1.90. The van der Waals surface area contributed by atoms with Crippen LogP contribution in [0.15, 0.2) is 36.5 Å². The molecule has 0 atom stereocenters. The summed E-state index contributed by atoms with van der Waals surface area (Å²) in [5, 5.41) is 4.79. The fourth-order valence-electron chi connectivity index (χ4n) is 3.83. The van der Waals surface area contributed by atoms with Gasteiger partial charge in [-0.1, -0.05) is 29.3 Å². The number of nitrogens with one attached hydrogen (secondary N) is 1. The lowest BCUT2D eigenvalue weighted by Crippen LogP contribution is -2.44. The Bertz CT molecular complexity index is 1160. The topological polar surface area (TPSA) is 83.7 Å². The van der Waals surface area contributed by atoms with Crippen molar-refractivity contribution in [2.24, 2.45) is 5.73 Å². The van der Waals surface area contributed by atoms with E-state index in [2.05, 4.69) is 27.1 Å². The molecule has 168 valence electrons. The zero-order valence-corrected chi connectivity index (χ0v) is 19.5. The molecule has 0 saturated carbocycles. The SMILES string of the molecule is CCOc1cc2ncc(C(N)=O)c(Nc3cccc(Cl)c3Cl)c2cc1N1CCN(C)CC1. The number of nitrogens with zero attached hydrogens (tertiary/aromatic N) is 3. The van der Waals surface area contributed by atoms with Gasteiger partial charge in [0.05, 0.1) is 44.8 Å². The summed E-state index contributed by atoms with van der Waals surface area (Å²) in [6, 6.07) is 9.19. The van der Waals surface area contributed by atoms with Crippen LogP contribution in [-0.2, 0) is 0 Å². The minimum Gasteiger partial charge on any atom is -0.492 e. The molecule has 1 aliphatic rings. The van der Waals surface area contributed by atoms with Crippen molar-refractivity contribution >= 4 is 57.1 Å². The molecular weight excluding hydrogens is 449 g/mol. The van der Waals surface area contributed by atoms with E-state index in [-0.39, 0.29) is 5.56 Å². The van der Waals surface area contributed by atoms with Gasteiger partial charge < -0.3 is 25.6 Å². The van der Waals surface area contributed by atoms with Crippen LogP contribution in [0.3, 0.4) is 0 Å². The molecule has 7 nitrogen and oxygen atoms in total. The van der Waals surface area contributed by atoms with E-state index in [1.165, 1.54) is 6.20 Å². The third kappa shape index (κ3) is 4.41. The van der Waals surface area contributed by atoms with E-state index in [0.29, 0.717) is 33.5 Å². The first-order valence-corrected chi connectivity index (χ1v) is 11.2. The molecule has 9 heteroatoms. The Kier molecular flexibility index (Phi) is 6.60. The number of anilines is 3. The highest BCUT2D eigenvalue weighted by atomic mass is 35.5. The summed E-state index contributed by atoms with van der Waals surface area (Å²) in [7, 11) is 2.11. The predicted molar refractivity (Wildman–Crippen MR) is 131 cm³/mol. The van der Waals surface area contributed by atoms with Gasteiger partial charge >= 0.3 is 0 Å². The average molecular weight is 474 g/mol. The van der Waals surface area contributed by atoms with Crippen LogP contribution in [0.5, 0.6) is 5.75 Å². The summed E-state index contributed by atoms with van der Waals surface area (Å²) in [5.74, 6) is 0.172. The smallest absolute Gasteiger partial charge is 0.252 e. The van der Waals surface area contributed by atoms with Crippen molar-refractivity contribution in [1.82, 2.24) is 9.88 Å². The molecule has 0 unspecified atom stereocenters. The van der Waals surface area contributed by atoms with E-state index in [0.717, 1.165) is 43.0 Å². The number of benzene rings is 2. The van der Waals surface area contributed by atoms with Crippen molar-refractivity contribution in [1.29, 1.82) is 0 Å². The first-order valence-electron chi connectivity index (χ1n) is 10.4. The van der Waals surface area contributed by atoms with Gasteiger partial charge in [-0.2, -0.15) is 0 Å². The molecule has 1 amide bonds. The van der Waals surface area contributed by atoms with Gasteiger partial charge in [0.1, 0.15) is 5.75 Å². The number of rotatable bonds is 6. The second-order valence-electron chi connectivity index (χ2n) is 7.70. The maximum atomic E-state index is 12.2. The Hall–Kier alpha value is -2.74. The van der Waals surface area contributed by atoms with Crippen molar-refractivity contribution in [3.8, 4) is 5.75 Å². The highest BCUT2D eigenvalue weighted by Crippen LogP contribution is 2.40. The third-order valence-electron chi connectivity index (χ3n) is 5.57. The normalized spacial score (nSPS) is 14.6. The van der Waals surface area contributed by atoms with Gasteiger partial charge in [-0.3, -0.25) is 9.78 Å². The highest BCUT2D eigenvalue weighted by molar-refractivity contribution is 6.43. The molecule has 3 aromatic rings. The van der Waals surface area contributed by atoms with Gasteiger partial charge in [-0.25, -0.2) is 0 Å². The number of hydrogen-bond donors (Lipinski definition) is 2. The van der Waals surface area contributed by atoms with Crippen LogP contribution in [0.25, 0.3) is 10.9 Å². The second-order valence-corrected chi connectivity index (χ2v) is 8.48. The largest absolute Gasteiger partial charge is 0.492 e. The Morgan fingerprint density at radius 2 is 1.97 bits per heavy atom. The number of fused-ring (bicyclic) bond motifs is 1. The number of halogens is 2. The minimum absolute atomic E-state index is 0.266. The number of primary amides is 1. The lowest BCUT2D eigenvalue weighted by atomic mass is 10.1. The van der Waals surface area contributed by atoms with Crippen molar-refractivity contribution < 1.29 is 9.53 Å². The van der Waals surface area contributed by atoms with Crippen LogP contribution in [0.2, 0.25) is 10.0 Å². The summed E-state index contributed by atoms with van der Waals surface area (Å²) in [6.45, 7) is 6.13. The number of aromatic nitrogens is 1.